The monoisotopic (exact) mass is 483 g/mol. The minimum Gasteiger partial charge on any atom is -0.459 e. The highest BCUT2D eigenvalue weighted by Crippen LogP contribution is 2.19. The number of benzene rings is 1. The Morgan fingerprint density at radius 2 is 1.65 bits per heavy atom. The second-order valence-electron chi connectivity index (χ2n) is 9.44. The van der Waals surface area contributed by atoms with Crippen LogP contribution in [0.25, 0.3) is 0 Å². The molecule has 0 fully saturated rings. The molecule has 0 unspecified atom stereocenters. The maximum absolute atomic E-state index is 13.5. The summed E-state index contributed by atoms with van der Waals surface area (Å²) >= 11 is 6.37. The van der Waals surface area contributed by atoms with Gasteiger partial charge in [0.1, 0.15) is 6.54 Å². The van der Waals surface area contributed by atoms with Gasteiger partial charge in [0.05, 0.1) is 12.8 Å². The summed E-state index contributed by atoms with van der Waals surface area (Å²) < 4.78 is 7.41. The van der Waals surface area contributed by atoms with Crippen LogP contribution in [0.2, 0.25) is 5.02 Å². The quantitative estimate of drug-likeness (QED) is 0.358. The molecule has 0 saturated carbocycles. The molecule has 6 nitrogen and oxygen atoms in total. The summed E-state index contributed by atoms with van der Waals surface area (Å²) in [6.07, 6.45) is 3.48. The lowest BCUT2D eigenvalue weighted by Crippen LogP contribution is -2.45. The number of aromatic nitrogens is 1. The zero-order valence-electron chi connectivity index (χ0n) is 20.4. The number of hydrogen-bond donors (Lipinski definition) is 0. The van der Waals surface area contributed by atoms with Gasteiger partial charge in [-0.05, 0) is 47.7 Å². The molecule has 0 aliphatic rings. The maximum Gasteiger partial charge on any atom is 0.290 e. The number of halogens is 1. The molecule has 0 radical (unpaired) electrons. The highest BCUT2D eigenvalue weighted by molar-refractivity contribution is 6.31. The van der Waals surface area contributed by atoms with Gasteiger partial charge in [0.2, 0.25) is 5.91 Å². The Morgan fingerprint density at radius 1 is 0.941 bits per heavy atom. The third-order valence-corrected chi connectivity index (χ3v) is 5.81. The Balaban J connectivity index is 1.77. The van der Waals surface area contributed by atoms with Gasteiger partial charge in [-0.25, -0.2) is 0 Å². The standard InChI is InChI=1S/C27H34ClN3O3/c1-20(2)15-30(18-23-10-7-13-29(23)17-22-9-5-6-11-24(22)28)26(32)19-31(16-21(3)4)27(33)25-12-8-14-34-25/h5-14,20-21H,15-19H2,1-4H3. The fraction of sp³-hybridized carbons (Fsp3) is 0.407. The summed E-state index contributed by atoms with van der Waals surface area (Å²) in [4.78, 5) is 29.9. The molecule has 0 atom stereocenters. The van der Waals surface area contributed by atoms with Crippen molar-refractivity contribution in [2.75, 3.05) is 19.6 Å². The molecule has 0 N–H and O–H groups in total. The molecule has 0 bridgehead atoms. The van der Waals surface area contributed by atoms with Crippen molar-refractivity contribution >= 4 is 23.4 Å². The van der Waals surface area contributed by atoms with Gasteiger partial charge in [0.25, 0.3) is 5.91 Å². The lowest BCUT2D eigenvalue weighted by molar-refractivity contribution is -0.133. The summed E-state index contributed by atoms with van der Waals surface area (Å²) in [6, 6.07) is 15.1. The lowest BCUT2D eigenvalue weighted by Gasteiger charge is -2.29. The summed E-state index contributed by atoms with van der Waals surface area (Å²) in [6.45, 7) is 10.4. The molecular formula is C27H34ClN3O3. The van der Waals surface area contributed by atoms with E-state index in [2.05, 4.69) is 18.4 Å². The minimum atomic E-state index is -0.265. The highest BCUT2D eigenvalue weighted by Gasteiger charge is 2.25. The van der Waals surface area contributed by atoms with Gasteiger partial charge < -0.3 is 18.8 Å². The third-order valence-electron chi connectivity index (χ3n) is 5.44. The molecule has 3 aromatic rings. The SMILES string of the molecule is CC(C)CN(Cc1cccn1Cc1ccccc1Cl)C(=O)CN(CC(C)C)C(=O)c1ccco1. The van der Waals surface area contributed by atoms with Gasteiger partial charge in [-0.15, -0.1) is 0 Å². The molecule has 182 valence electrons. The summed E-state index contributed by atoms with van der Waals surface area (Å²) in [5, 5.41) is 0.720. The molecule has 0 aliphatic heterocycles. The molecule has 7 heteroatoms. The van der Waals surface area contributed by atoms with E-state index >= 15 is 0 Å². The first-order chi connectivity index (χ1) is 16.2. The van der Waals surface area contributed by atoms with Crippen LogP contribution in [0.4, 0.5) is 0 Å². The average Bonchev–Trinajstić information content (AvgIpc) is 3.46. The predicted molar refractivity (Wildman–Crippen MR) is 135 cm³/mol. The fourth-order valence-electron chi connectivity index (χ4n) is 3.93. The minimum absolute atomic E-state index is 0.00958. The zero-order chi connectivity index (χ0) is 24.7. The van der Waals surface area contributed by atoms with Gasteiger partial charge >= 0.3 is 0 Å². The molecule has 2 aromatic heterocycles. The molecule has 0 saturated heterocycles. The van der Waals surface area contributed by atoms with Gasteiger partial charge in [-0.1, -0.05) is 57.5 Å². The van der Waals surface area contributed by atoms with Crippen LogP contribution in [0.3, 0.4) is 0 Å². The van der Waals surface area contributed by atoms with Crippen molar-refractivity contribution in [1.82, 2.24) is 14.4 Å². The first kappa shape index (κ1) is 25.6. The van der Waals surface area contributed by atoms with E-state index < -0.39 is 0 Å². The number of rotatable bonds is 11. The Morgan fingerprint density at radius 3 is 2.29 bits per heavy atom. The van der Waals surface area contributed by atoms with Crippen molar-refractivity contribution in [3.63, 3.8) is 0 Å². The molecule has 0 aliphatic carbocycles. The van der Waals surface area contributed by atoms with Crippen LogP contribution in [0.15, 0.2) is 65.4 Å². The zero-order valence-corrected chi connectivity index (χ0v) is 21.2. The summed E-state index contributed by atoms with van der Waals surface area (Å²) in [5.74, 6) is 0.407. The summed E-state index contributed by atoms with van der Waals surface area (Å²) in [5.41, 5.74) is 2.04. The van der Waals surface area contributed by atoms with Crippen LogP contribution >= 0.6 is 11.6 Å². The number of amides is 2. The van der Waals surface area contributed by atoms with Crippen molar-refractivity contribution < 1.29 is 14.0 Å². The Bertz CT molecular complexity index is 1070. The van der Waals surface area contributed by atoms with Gasteiger partial charge in [0, 0.05) is 36.5 Å². The van der Waals surface area contributed by atoms with Crippen LogP contribution < -0.4 is 0 Å². The molecule has 34 heavy (non-hydrogen) atoms. The van der Waals surface area contributed by atoms with E-state index in [1.54, 1.807) is 17.0 Å². The second kappa shape index (κ2) is 11.9. The molecule has 2 amide bonds. The van der Waals surface area contributed by atoms with Gasteiger partial charge in [-0.2, -0.15) is 0 Å². The largest absolute Gasteiger partial charge is 0.459 e. The number of carbonyl (C=O) groups is 2. The molecule has 3 rings (SSSR count). The Kier molecular flexibility index (Phi) is 8.99. The van der Waals surface area contributed by atoms with Crippen molar-refractivity contribution in [1.29, 1.82) is 0 Å². The third kappa shape index (κ3) is 7.00. The van der Waals surface area contributed by atoms with Gasteiger partial charge in [0.15, 0.2) is 5.76 Å². The van der Waals surface area contributed by atoms with E-state index in [4.69, 9.17) is 16.0 Å². The van der Waals surface area contributed by atoms with Crippen LogP contribution in [-0.2, 0) is 17.9 Å². The normalized spacial score (nSPS) is 11.3. The Labute approximate surface area is 207 Å². The van der Waals surface area contributed by atoms with Crippen molar-refractivity contribution in [2.24, 2.45) is 11.8 Å². The highest BCUT2D eigenvalue weighted by atomic mass is 35.5. The number of hydrogen-bond acceptors (Lipinski definition) is 3. The molecule has 1 aromatic carbocycles. The van der Waals surface area contributed by atoms with Gasteiger partial charge in [-0.3, -0.25) is 9.59 Å². The van der Waals surface area contributed by atoms with Crippen LogP contribution in [-0.4, -0.2) is 45.8 Å². The molecular weight excluding hydrogens is 450 g/mol. The number of furan rings is 1. The van der Waals surface area contributed by atoms with E-state index in [-0.39, 0.29) is 36.0 Å². The van der Waals surface area contributed by atoms with Crippen LogP contribution in [0.5, 0.6) is 0 Å². The summed E-state index contributed by atoms with van der Waals surface area (Å²) in [7, 11) is 0. The van der Waals surface area contributed by atoms with E-state index in [9.17, 15) is 9.59 Å². The van der Waals surface area contributed by atoms with E-state index in [0.29, 0.717) is 26.2 Å². The van der Waals surface area contributed by atoms with Crippen LogP contribution in [0, 0.1) is 11.8 Å². The molecule has 2 heterocycles. The van der Waals surface area contributed by atoms with Crippen molar-refractivity contribution in [3.8, 4) is 0 Å². The van der Waals surface area contributed by atoms with E-state index in [1.807, 2.05) is 61.3 Å². The first-order valence-electron chi connectivity index (χ1n) is 11.7. The average molecular weight is 484 g/mol. The van der Waals surface area contributed by atoms with Crippen LogP contribution in [0.1, 0.15) is 49.5 Å². The fourth-order valence-corrected chi connectivity index (χ4v) is 4.12. The topological polar surface area (TPSA) is 58.7 Å². The lowest BCUT2D eigenvalue weighted by atomic mass is 10.1. The van der Waals surface area contributed by atoms with E-state index in [1.165, 1.54) is 6.26 Å². The second-order valence-corrected chi connectivity index (χ2v) is 9.85. The Hall–Kier alpha value is -2.99. The predicted octanol–water partition coefficient (Wildman–Crippen LogP) is 5.57. The van der Waals surface area contributed by atoms with Crippen molar-refractivity contribution in [2.45, 2.75) is 40.8 Å². The number of nitrogens with zero attached hydrogens (tertiary/aromatic N) is 3. The first-order valence-corrected chi connectivity index (χ1v) is 12.1. The van der Waals surface area contributed by atoms with E-state index in [0.717, 1.165) is 16.3 Å². The maximum atomic E-state index is 13.5. The number of carbonyl (C=O) groups excluding carboxylic acids is 2. The smallest absolute Gasteiger partial charge is 0.290 e. The van der Waals surface area contributed by atoms with Crippen molar-refractivity contribution in [3.05, 3.63) is 83.0 Å². The molecule has 0 spiro atoms.